The van der Waals surface area contributed by atoms with E-state index >= 15 is 0 Å². The number of carbonyl (C=O) groups excluding carboxylic acids is 1. The number of esters is 1. The number of methoxy groups -OCH3 is 1. The number of aryl methyl sites for hydroxylation is 1. The van der Waals surface area contributed by atoms with Gasteiger partial charge in [-0.25, -0.2) is 4.79 Å². The van der Waals surface area contributed by atoms with Crippen molar-refractivity contribution in [2.45, 2.75) is 12.1 Å². The molecule has 0 saturated carbocycles. The molecule has 0 radical (unpaired) electrons. The van der Waals surface area contributed by atoms with Crippen LogP contribution in [0.3, 0.4) is 0 Å². The van der Waals surface area contributed by atoms with Gasteiger partial charge in [0.05, 0.1) is 24.1 Å². The number of aromatic nitrogens is 4. The molecule has 0 aliphatic rings. The van der Waals surface area contributed by atoms with Gasteiger partial charge < -0.3 is 9.47 Å². The van der Waals surface area contributed by atoms with E-state index in [0.717, 1.165) is 17.0 Å². The summed E-state index contributed by atoms with van der Waals surface area (Å²) in [7, 11) is 1.62. The lowest BCUT2D eigenvalue weighted by Crippen LogP contribution is -2.05. The smallest absolute Gasteiger partial charge is 0.339 e. The summed E-state index contributed by atoms with van der Waals surface area (Å²) >= 11 is 1.40. The summed E-state index contributed by atoms with van der Waals surface area (Å²) in [5.74, 6) is 6.63. The fourth-order valence-electron chi connectivity index (χ4n) is 2.31. The molecular weight excluding hydrogens is 376 g/mol. The molecule has 0 unspecified atom stereocenters. The van der Waals surface area contributed by atoms with Crippen LogP contribution in [0.4, 0.5) is 0 Å². The number of rotatable bonds is 6. The second-order valence-electron chi connectivity index (χ2n) is 5.66. The maximum Gasteiger partial charge on any atom is 0.339 e. The zero-order valence-electron chi connectivity index (χ0n) is 15.5. The van der Waals surface area contributed by atoms with E-state index in [1.807, 2.05) is 43.3 Å². The topological polar surface area (TPSA) is 79.1 Å². The van der Waals surface area contributed by atoms with E-state index in [1.165, 1.54) is 11.8 Å². The number of benzene rings is 2. The zero-order valence-corrected chi connectivity index (χ0v) is 16.3. The van der Waals surface area contributed by atoms with Gasteiger partial charge in [0.15, 0.2) is 6.61 Å². The van der Waals surface area contributed by atoms with Crippen LogP contribution in [0.5, 0.6) is 5.75 Å². The van der Waals surface area contributed by atoms with Crippen molar-refractivity contribution in [3.63, 3.8) is 0 Å². The fourth-order valence-corrected chi connectivity index (χ4v) is 2.98. The van der Waals surface area contributed by atoms with Crippen LogP contribution in [0.2, 0.25) is 0 Å². The highest BCUT2D eigenvalue weighted by molar-refractivity contribution is 7.99. The monoisotopic (exact) mass is 394 g/mol. The molecule has 0 atom stereocenters. The van der Waals surface area contributed by atoms with Crippen LogP contribution in [-0.4, -0.2) is 45.6 Å². The Bertz CT molecular complexity index is 1010. The Hall–Kier alpha value is -3.31. The third-order valence-corrected chi connectivity index (χ3v) is 4.49. The summed E-state index contributed by atoms with van der Waals surface area (Å²) in [6.45, 7) is 1.96. The predicted molar refractivity (Wildman–Crippen MR) is 106 cm³/mol. The standard InChI is InChI=1S/C20H18N4O3S/c1-15-6-5-7-16(14-15)19(25)27-12-3-4-13-28-20-21-22-23-24(20)17-8-10-18(26-2)11-9-17/h5-11,14H,12-13H2,1-2H3. The van der Waals surface area contributed by atoms with Crippen LogP contribution in [0.25, 0.3) is 5.69 Å². The molecule has 0 fully saturated rings. The van der Waals surface area contributed by atoms with Crippen molar-refractivity contribution in [1.29, 1.82) is 0 Å². The molecule has 1 aromatic heterocycles. The van der Waals surface area contributed by atoms with Crippen molar-refractivity contribution in [1.82, 2.24) is 20.2 Å². The van der Waals surface area contributed by atoms with Crippen molar-refractivity contribution in [2.24, 2.45) is 0 Å². The zero-order chi connectivity index (χ0) is 19.8. The molecule has 7 nitrogen and oxygen atoms in total. The molecule has 142 valence electrons. The van der Waals surface area contributed by atoms with Gasteiger partial charge in [0.2, 0.25) is 5.16 Å². The Morgan fingerprint density at radius 2 is 2.00 bits per heavy atom. The average Bonchev–Trinajstić information content (AvgIpc) is 3.19. The molecule has 0 aliphatic heterocycles. The van der Waals surface area contributed by atoms with Gasteiger partial charge in [-0.3, -0.25) is 0 Å². The van der Waals surface area contributed by atoms with E-state index in [-0.39, 0.29) is 12.6 Å². The molecule has 28 heavy (non-hydrogen) atoms. The molecule has 0 amide bonds. The lowest BCUT2D eigenvalue weighted by atomic mass is 10.1. The van der Waals surface area contributed by atoms with Gasteiger partial charge in [-0.2, -0.15) is 4.68 Å². The van der Waals surface area contributed by atoms with E-state index in [1.54, 1.807) is 23.9 Å². The number of thioether (sulfide) groups is 1. The minimum atomic E-state index is -0.380. The van der Waals surface area contributed by atoms with Crippen molar-refractivity contribution in [3.05, 3.63) is 59.7 Å². The first kappa shape index (κ1) is 19.5. The minimum Gasteiger partial charge on any atom is -0.497 e. The van der Waals surface area contributed by atoms with Crippen LogP contribution < -0.4 is 4.74 Å². The summed E-state index contributed by atoms with van der Waals surface area (Å²) < 4.78 is 11.9. The first-order chi connectivity index (χ1) is 13.7. The molecule has 0 aliphatic carbocycles. The van der Waals surface area contributed by atoms with E-state index in [2.05, 4.69) is 27.4 Å². The largest absolute Gasteiger partial charge is 0.497 e. The Kier molecular flexibility index (Phi) is 6.65. The van der Waals surface area contributed by atoms with E-state index in [0.29, 0.717) is 16.5 Å². The fraction of sp³-hybridized carbons (Fsp3) is 0.200. The van der Waals surface area contributed by atoms with Gasteiger partial charge in [-0.05, 0) is 53.7 Å². The highest BCUT2D eigenvalue weighted by Gasteiger charge is 2.08. The number of nitrogens with zero attached hydrogens (tertiary/aromatic N) is 4. The molecular formula is C20H18N4O3S. The van der Waals surface area contributed by atoms with Crippen molar-refractivity contribution in [3.8, 4) is 23.3 Å². The van der Waals surface area contributed by atoms with Gasteiger partial charge >= 0.3 is 5.97 Å². The maximum absolute atomic E-state index is 11.9. The quantitative estimate of drug-likeness (QED) is 0.361. The van der Waals surface area contributed by atoms with Crippen LogP contribution in [0, 0.1) is 18.8 Å². The van der Waals surface area contributed by atoms with Crippen LogP contribution in [0.15, 0.2) is 53.7 Å². The molecule has 1 heterocycles. The predicted octanol–water partition coefficient (Wildman–Crippen LogP) is 2.93. The first-order valence-corrected chi connectivity index (χ1v) is 9.41. The summed E-state index contributed by atoms with van der Waals surface area (Å²) in [5.41, 5.74) is 2.36. The number of tetrazole rings is 1. The third kappa shape index (κ3) is 5.11. The summed E-state index contributed by atoms with van der Waals surface area (Å²) in [5, 5.41) is 12.3. The first-order valence-electron chi connectivity index (χ1n) is 8.42. The van der Waals surface area contributed by atoms with Gasteiger partial charge in [0.25, 0.3) is 0 Å². The summed E-state index contributed by atoms with van der Waals surface area (Å²) in [6, 6.07) is 14.7. The van der Waals surface area contributed by atoms with Gasteiger partial charge in [-0.15, -0.1) is 5.10 Å². The number of hydrogen-bond donors (Lipinski definition) is 0. The summed E-state index contributed by atoms with van der Waals surface area (Å²) in [4.78, 5) is 11.9. The lowest BCUT2D eigenvalue weighted by Gasteiger charge is -2.04. The highest BCUT2D eigenvalue weighted by atomic mass is 32.2. The normalized spacial score (nSPS) is 10.1. The SMILES string of the molecule is COc1ccc(-n2nnnc2SCC#CCOC(=O)c2cccc(C)c2)cc1. The van der Waals surface area contributed by atoms with Crippen molar-refractivity contribution >= 4 is 17.7 Å². The molecule has 0 spiro atoms. The number of carbonyl (C=O) groups is 1. The van der Waals surface area contributed by atoms with Gasteiger partial charge in [-0.1, -0.05) is 41.3 Å². The van der Waals surface area contributed by atoms with Crippen LogP contribution in [-0.2, 0) is 4.74 Å². The van der Waals surface area contributed by atoms with Gasteiger partial charge in [0.1, 0.15) is 5.75 Å². The molecule has 0 bridgehead atoms. The van der Waals surface area contributed by atoms with Gasteiger partial charge in [0, 0.05) is 0 Å². The van der Waals surface area contributed by atoms with Crippen LogP contribution >= 0.6 is 11.8 Å². The highest BCUT2D eigenvalue weighted by Crippen LogP contribution is 2.19. The molecule has 2 aromatic carbocycles. The molecule has 0 saturated heterocycles. The second kappa shape index (κ2) is 9.58. The molecule has 3 rings (SSSR count). The lowest BCUT2D eigenvalue weighted by molar-refractivity contribution is 0.0556. The molecule has 3 aromatic rings. The van der Waals surface area contributed by atoms with E-state index < -0.39 is 0 Å². The second-order valence-corrected chi connectivity index (χ2v) is 6.60. The Labute approximate surface area is 167 Å². The Morgan fingerprint density at radius 3 is 2.75 bits per heavy atom. The maximum atomic E-state index is 11.9. The molecule has 0 N–H and O–H groups in total. The van der Waals surface area contributed by atoms with Crippen molar-refractivity contribution < 1.29 is 14.3 Å². The van der Waals surface area contributed by atoms with Crippen LogP contribution in [0.1, 0.15) is 15.9 Å². The minimum absolute atomic E-state index is 0.0384. The van der Waals surface area contributed by atoms with E-state index in [4.69, 9.17) is 9.47 Å². The third-order valence-electron chi connectivity index (χ3n) is 3.69. The Balaban J connectivity index is 1.50. The number of hydrogen-bond acceptors (Lipinski definition) is 7. The average molecular weight is 394 g/mol. The molecule has 8 heteroatoms. The van der Waals surface area contributed by atoms with E-state index in [9.17, 15) is 4.79 Å². The van der Waals surface area contributed by atoms with Crippen molar-refractivity contribution in [2.75, 3.05) is 19.5 Å². The summed E-state index contributed by atoms with van der Waals surface area (Å²) in [6.07, 6.45) is 0. The Morgan fingerprint density at radius 1 is 1.18 bits per heavy atom. The number of ether oxygens (including phenoxy) is 2.